The molecule has 8 heteroatoms. The van der Waals surface area contributed by atoms with Crippen molar-refractivity contribution in [2.75, 3.05) is 16.4 Å². The zero-order valence-corrected chi connectivity index (χ0v) is 17.0. The third-order valence-corrected chi connectivity index (χ3v) is 5.72. The third-order valence-electron chi connectivity index (χ3n) is 4.76. The first kappa shape index (κ1) is 20.1. The van der Waals surface area contributed by atoms with Crippen molar-refractivity contribution < 1.29 is 9.59 Å². The minimum absolute atomic E-state index is 0.0865. The number of rotatable bonds is 6. The Labute approximate surface area is 167 Å². The second-order valence-corrected chi connectivity index (χ2v) is 8.01. The van der Waals surface area contributed by atoms with Crippen LogP contribution in [0.4, 0.5) is 11.5 Å². The van der Waals surface area contributed by atoms with Crippen molar-refractivity contribution in [3.05, 3.63) is 45.2 Å². The molecule has 0 aliphatic carbocycles. The van der Waals surface area contributed by atoms with Crippen LogP contribution in [-0.4, -0.2) is 27.5 Å². The van der Waals surface area contributed by atoms with Crippen LogP contribution in [0.5, 0.6) is 0 Å². The molecule has 2 aromatic rings. The number of hydrogen-bond acceptors (Lipinski definition) is 5. The fourth-order valence-corrected chi connectivity index (χ4v) is 3.95. The lowest BCUT2D eigenvalue weighted by atomic mass is 9.92. The van der Waals surface area contributed by atoms with Crippen LogP contribution in [-0.2, 0) is 9.59 Å². The second kappa shape index (κ2) is 8.60. The molecule has 2 amide bonds. The van der Waals surface area contributed by atoms with Crippen LogP contribution in [0.15, 0.2) is 28.2 Å². The number of unbranched alkanes of at least 4 members (excludes halogenated alkanes) is 1. The van der Waals surface area contributed by atoms with Crippen LogP contribution in [0.1, 0.15) is 48.8 Å². The van der Waals surface area contributed by atoms with E-state index in [9.17, 15) is 14.4 Å². The van der Waals surface area contributed by atoms with Crippen molar-refractivity contribution >= 4 is 35.1 Å². The van der Waals surface area contributed by atoms with E-state index in [1.54, 1.807) is 6.07 Å². The van der Waals surface area contributed by atoms with Crippen molar-refractivity contribution in [2.45, 2.75) is 51.1 Å². The number of carbonyl (C=O) groups excluding carboxylic acids is 2. The van der Waals surface area contributed by atoms with E-state index in [1.807, 2.05) is 26.0 Å². The number of hydrogen-bond donors (Lipinski definition) is 3. The van der Waals surface area contributed by atoms with Gasteiger partial charge in [0.05, 0.1) is 11.5 Å². The molecular formula is C20H24N4O3S. The number of amides is 2. The highest BCUT2D eigenvalue weighted by molar-refractivity contribution is 7.99. The van der Waals surface area contributed by atoms with E-state index in [2.05, 4.69) is 27.5 Å². The summed E-state index contributed by atoms with van der Waals surface area (Å²) >= 11 is 1.43. The summed E-state index contributed by atoms with van der Waals surface area (Å²) in [6.07, 6.45) is 1.95. The molecule has 0 saturated carbocycles. The number of anilines is 2. The van der Waals surface area contributed by atoms with Gasteiger partial charge in [0.2, 0.25) is 11.8 Å². The summed E-state index contributed by atoms with van der Waals surface area (Å²) in [4.78, 5) is 44.7. The number of H-pyrrole nitrogens is 1. The molecular weight excluding hydrogens is 376 g/mol. The number of nitrogens with one attached hydrogen (secondary N) is 3. The molecule has 2 heterocycles. The standard InChI is InChI=1S/C20H24N4O3S/c1-4-5-8-28-20-23-17-16(19(27)24-20)14(10-15(25)22-17)18(26)21-13-7-6-11(2)12(3)9-13/h6-7,9,14H,4-5,8,10H2,1-3H3,(H,21,26)(H2,22,23,24,25,27)/t14-/m1/s1. The summed E-state index contributed by atoms with van der Waals surface area (Å²) in [6.45, 7) is 6.03. The van der Waals surface area contributed by atoms with Crippen LogP contribution in [0.3, 0.4) is 0 Å². The van der Waals surface area contributed by atoms with Crippen LogP contribution in [0, 0.1) is 13.8 Å². The summed E-state index contributed by atoms with van der Waals surface area (Å²) in [5, 5.41) is 5.91. The third kappa shape index (κ3) is 4.44. The van der Waals surface area contributed by atoms with Gasteiger partial charge < -0.3 is 15.6 Å². The van der Waals surface area contributed by atoms with E-state index < -0.39 is 11.8 Å². The maximum atomic E-state index is 12.8. The highest BCUT2D eigenvalue weighted by atomic mass is 32.2. The van der Waals surface area contributed by atoms with Gasteiger partial charge in [0, 0.05) is 17.9 Å². The molecule has 0 bridgehead atoms. The minimum Gasteiger partial charge on any atom is -0.326 e. The van der Waals surface area contributed by atoms with Crippen LogP contribution in [0.25, 0.3) is 0 Å². The maximum Gasteiger partial charge on any atom is 0.257 e. The quantitative estimate of drug-likeness (QED) is 0.392. The van der Waals surface area contributed by atoms with Crippen molar-refractivity contribution in [3.8, 4) is 0 Å². The van der Waals surface area contributed by atoms with Gasteiger partial charge in [0.1, 0.15) is 5.82 Å². The van der Waals surface area contributed by atoms with Gasteiger partial charge in [0.15, 0.2) is 5.16 Å². The summed E-state index contributed by atoms with van der Waals surface area (Å²) in [7, 11) is 0. The van der Waals surface area contributed by atoms with Crippen molar-refractivity contribution in [1.82, 2.24) is 9.97 Å². The first-order valence-corrected chi connectivity index (χ1v) is 10.3. The molecule has 1 aromatic heterocycles. The summed E-state index contributed by atoms with van der Waals surface area (Å²) in [6, 6.07) is 5.59. The predicted molar refractivity (Wildman–Crippen MR) is 111 cm³/mol. The highest BCUT2D eigenvalue weighted by Crippen LogP contribution is 2.30. The fraction of sp³-hybridized carbons (Fsp3) is 0.400. The van der Waals surface area contributed by atoms with Gasteiger partial charge in [-0.2, -0.15) is 0 Å². The first-order valence-electron chi connectivity index (χ1n) is 9.34. The smallest absolute Gasteiger partial charge is 0.257 e. The number of carbonyl (C=O) groups is 2. The average molecular weight is 401 g/mol. The maximum absolute atomic E-state index is 12.8. The number of aryl methyl sites for hydroxylation is 2. The van der Waals surface area contributed by atoms with Gasteiger partial charge >= 0.3 is 0 Å². The number of aromatic nitrogens is 2. The molecule has 1 aliphatic heterocycles. The van der Waals surface area contributed by atoms with E-state index in [4.69, 9.17) is 0 Å². The Morgan fingerprint density at radius 3 is 2.79 bits per heavy atom. The predicted octanol–water partition coefficient (Wildman–Crippen LogP) is 3.34. The van der Waals surface area contributed by atoms with E-state index in [1.165, 1.54) is 11.8 Å². The molecule has 1 atom stereocenters. The van der Waals surface area contributed by atoms with Gasteiger partial charge in [-0.05, 0) is 43.5 Å². The number of nitrogens with zero attached hydrogens (tertiary/aromatic N) is 1. The molecule has 0 radical (unpaired) electrons. The Balaban J connectivity index is 1.87. The minimum atomic E-state index is -0.878. The topological polar surface area (TPSA) is 104 Å². The zero-order chi connectivity index (χ0) is 20.3. The molecule has 0 spiro atoms. The van der Waals surface area contributed by atoms with Gasteiger partial charge in [-0.3, -0.25) is 14.4 Å². The summed E-state index contributed by atoms with van der Waals surface area (Å²) in [5.74, 6) is -0.591. The number of aromatic amines is 1. The van der Waals surface area contributed by atoms with Crippen LogP contribution in [0.2, 0.25) is 0 Å². The molecule has 1 aliphatic rings. The monoisotopic (exact) mass is 400 g/mol. The zero-order valence-electron chi connectivity index (χ0n) is 16.2. The summed E-state index contributed by atoms with van der Waals surface area (Å²) in [5.41, 5.74) is 2.63. The normalized spacial score (nSPS) is 15.7. The van der Waals surface area contributed by atoms with Crippen molar-refractivity contribution in [2.24, 2.45) is 0 Å². The SMILES string of the molecule is CCCCSc1nc2c(c(=O)[nH]1)[C@H](C(=O)Nc1ccc(C)c(C)c1)CC(=O)N2. The second-order valence-electron chi connectivity index (χ2n) is 6.93. The Kier molecular flexibility index (Phi) is 6.18. The lowest BCUT2D eigenvalue weighted by Gasteiger charge is -2.23. The number of thioether (sulfide) groups is 1. The molecule has 28 heavy (non-hydrogen) atoms. The van der Waals surface area contributed by atoms with E-state index in [-0.39, 0.29) is 29.3 Å². The molecule has 3 rings (SSSR count). The molecule has 0 fully saturated rings. The molecule has 3 N–H and O–H groups in total. The summed E-state index contributed by atoms with van der Waals surface area (Å²) < 4.78 is 0. The van der Waals surface area contributed by atoms with Gasteiger partial charge in [-0.1, -0.05) is 31.2 Å². The lowest BCUT2D eigenvalue weighted by molar-refractivity contribution is -0.123. The lowest BCUT2D eigenvalue weighted by Crippen LogP contribution is -2.36. The van der Waals surface area contributed by atoms with E-state index in [0.717, 1.165) is 29.7 Å². The highest BCUT2D eigenvalue weighted by Gasteiger charge is 2.34. The molecule has 0 unspecified atom stereocenters. The van der Waals surface area contributed by atoms with Crippen molar-refractivity contribution in [3.63, 3.8) is 0 Å². The van der Waals surface area contributed by atoms with Crippen LogP contribution < -0.4 is 16.2 Å². The fourth-order valence-electron chi connectivity index (χ4n) is 3.00. The van der Waals surface area contributed by atoms with Gasteiger partial charge in [0.25, 0.3) is 5.56 Å². The van der Waals surface area contributed by atoms with Gasteiger partial charge in [-0.25, -0.2) is 4.98 Å². The molecule has 1 aromatic carbocycles. The average Bonchev–Trinajstić information content (AvgIpc) is 2.64. The Hall–Kier alpha value is -2.61. The van der Waals surface area contributed by atoms with Crippen molar-refractivity contribution in [1.29, 1.82) is 0 Å². The van der Waals surface area contributed by atoms with E-state index in [0.29, 0.717) is 10.8 Å². The molecule has 7 nitrogen and oxygen atoms in total. The largest absolute Gasteiger partial charge is 0.326 e. The number of fused-ring (bicyclic) bond motifs is 1. The Morgan fingerprint density at radius 1 is 1.29 bits per heavy atom. The van der Waals surface area contributed by atoms with E-state index >= 15 is 0 Å². The first-order chi connectivity index (χ1) is 13.4. The Morgan fingerprint density at radius 2 is 2.07 bits per heavy atom. The number of benzene rings is 1. The molecule has 148 valence electrons. The van der Waals surface area contributed by atoms with Crippen LogP contribution >= 0.6 is 11.8 Å². The van der Waals surface area contributed by atoms with Gasteiger partial charge in [-0.15, -0.1) is 0 Å². The Bertz CT molecular complexity index is 970. The molecule has 0 saturated heterocycles.